The second-order valence-electron chi connectivity index (χ2n) is 7.16. The average molecular weight is 352 g/mol. The number of ether oxygens (including phenoxy) is 3. The van der Waals surface area contributed by atoms with Gasteiger partial charge in [0.05, 0.1) is 33.4 Å². The van der Waals surface area contributed by atoms with Crippen molar-refractivity contribution in [2.24, 2.45) is 0 Å². The van der Waals surface area contributed by atoms with E-state index in [1.807, 2.05) is 0 Å². The molecule has 0 amide bonds. The molecule has 25 heavy (non-hydrogen) atoms. The van der Waals surface area contributed by atoms with Gasteiger partial charge in [0.25, 0.3) is 0 Å². The lowest BCUT2D eigenvalue weighted by molar-refractivity contribution is -1.03. The number of nitrogens with two attached hydrogens (primary N) is 1. The minimum absolute atomic E-state index is 0.460. The van der Waals surface area contributed by atoms with Crippen LogP contribution in [0.2, 0.25) is 0 Å². The lowest BCUT2D eigenvalue weighted by atomic mass is 9.92. The summed E-state index contributed by atoms with van der Waals surface area (Å²) < 4.78 is 17.0. The van der Waals surface area contributed by atoms with Gasteiger partial charge in [0.15, 0.2) is 17.5 Å². The second kappa shape index (κ2) is 8.25. The van der Waals surface area contributed by atoms with Gasteiger partial charge in [-0.15, -0.1) is 0 Å². The molecule has 0 unspecified atom stereocenters. The first-order chi connectivity index (χ1) is 12.2. The zero-order chi connectivity index (χ0) is 17.8. The van der Waals surface area contributed by atoms with Crippen molar-refractivity contribution in [3.63, 3.8) is 0 Å². The van der Waals surface area contributed by atoms with Crippen LogP contribution in [0.5, 0.6) is 17.2 Å². The van der Waals surface area contributed by atoms with Crippen molar-refractivity contribution in [1.29, 1.82) is 0 Å². The molecule has 6 nitrogen and oxygen atoms in total. The molecule has 1 aromatic carbocycles. The van der Waals surface area contributed by atoms with Crippen LogP contribution in [-0.2, 0) is 6.54 Å². The van der Waals surface area contributed by atoms with E-state index >= 15 is 0 Å². The molecule has 2 heterocycles. The lowest BCUT2D eigenvalue weighted by Crippen LogP contribution is -3.29. The molecule has 0 bridgehead atoms. The number of hydrogen-bond acceptors (Lipinski definition) is 3. The second-order valence-corrected chi connectivity index (χ2v) is 7.16. The monoisotopic (exact) mass is 352 g/mol. The highest BCUT2D eigenvalue weighted by Crippen LogP contribution is 2.44. The number of rotatable bonds is 6. The molecule has 1 saturated heterocycles. The van der Waals surface area contributed by atoms with Gasteiger partial charge in [0, 0.05) is 5.56 Å². The minimum Gasteiger partial charge on any atom is -0.493 e. The van der Waals surface area contributed by atoms with Gasteiger partial charge in [-0.25, -0.2) is 0 Å². The summed E-state index contributed by atoms with van der Waals surface area (Å²) in [5.41, 5.74) is 2.65. The molecule has 0 radical (unpaired) electrons. The van der Waals surface area contributed by atoms with Gasteiger partial charge < -0.3 is 29.3 Å². The fourth-order valence-corrected chi connectivity index (χ4v) is 4.55. The van der Waals surface area contributed by atoms with Crippen molar-refractivity contribution < 1.29 is 29.3 Å². The third kappa shape index (κ3) is 3.57. The molecule has 2 aliphatic heterocycles. The normalized spacial score (nSPS) is 26.0. The molecule has 0 aliphatic carbocycles. The Balaban J connectivity index is 1.91. The van der Waals surface area contributed by atoms with E-state index in [0.717, 1.165) is 30.3 Å². The maximum Gasteiger partial charge on any atom is 0.203 e. The van der Waals surface area contributed by atoms with Crippen LogP contribution in [-0.4, -0.2) is 60.6 Å². The zero-order valence-corrected chi connectivity index (χ0v) is 16.1. The van der Waals surface area contributed by atoms with E-state index in [9.17, 15) is 0 Å². The largest absolute Gasteiger partial charge is 0.493 e. The number of piperazine rings is 1. The SMILES string of the molecule is CCC[NH+]1CC[NH+]([C@H]2C[NH2+]Cc3cc(OC)c(OC)c(OC)c32)CC1. The average Bonchev–Trinajstić information content (AvgIpc) is 2.66. The Hall–Kier alpha value is -1.50. The molecule has 3 rings (SSSR count). The Morgan fingerprint density at radius 3 is 2.36 bits per heavy atom. The van der Waals surface area contributed by atoms with E-state index in [4.69, 9.17) is 14.2 Å². The van der Waals surface area contributed by atoms with Crippen LogP contribution in [0.25, 0.3) is 0 Å². The van der Waals surface area contributed by atoms with E-state index in [1.165, 1.54) is 50.3 Å². The number of hydrogen-bond donors (Lipinski definition) is 3. The molecule has 1 atom stereocenters. The van der Waals surface area contributed by atoms with Crippen molar-refractivity contribution in [2.75, 3.05) is 60.6 Å². The molecule has 0 spiro atoms. The molecule has 0 aromatic heterocycles. The van der Waals surface area contributed by atoms with Crippen molar-refractivity contribution in [3.8, 4) is 17.2 Å². The molecular weight excluding hydrogens is 318 g/mol. The van der Waals surface area contributed by atoms with Crippen LogP contribution in [0.4, 0.5) is 0 Å². The quantitative estimate of drug-likeness (QED) is 0.557. The van der Waals surface area contributed by atoms with Crippen molar-refractivity contribution in [3.05, 3.63) is 17.2 Å². The Kier molecular flexibility index (Phi) is 6.04. The highest BCUT2D eigenvalue weighted by atomic mass is 16.5. The summed E-state index contributed by atoms with van der Waals surface area (Å²) in [5, 5.41) is 2.41. The smallest absolute Gasteiger partial charge is 0.203 e. The van der Waals surface area contributed by atoms with Crippen molar-refractivity contribution >= 4 is 0 Å². The van der Waals surface area contributed by atoms with E-state index in [2.05, 4.69) is 18.3 Å². The maximum atomic E-state index is 5.82. The van der Waals surface area contributed by atoms with Gasteiger partial charge in [-0.3, -0.25) is 0 Å². The molecule has 1 fully saturated rings. The van der Waals surface area contributed by atoms with Crippen LogP contribution in [0, 0.1) is 0 Å². The van der Waals surface area contributed by atoms with Gasteiger partial charge in [-0.05, 0) is 12.5 Å². The predicted molar refractivity (Wildman–Crippen MR) is 95.9 cm³/mol. The topological polar surface area (TPSA) is 53.2 Å². The fraction of sp³-hybridized carbons (Fsp3) is 0.684. The van der Waals surface area contributed by atoms with Crippen LogP contribution in [0.3, 0.4) is 0 Å². The highest BCUT2D eigenvalue weighted by Gasteiger charge is 2.39. The van der Waals surface area contributed by atoms with Crippen LogP contribution >= 0.6 is 0 Å². The van der Waals surface area contributed by atoms with E-state index in [0.29, 0.717) is 6.04 Å². The fourth-order valence-electron chi connectivity index (χ4n) is 4.55. The Bertz CT molecular complexity index is 586. The molecule has 6 heteroatoms. The maximum absolute atomic E-state index is 5.82. The van der Waals surface area contributed by atoms with Crippen molar-refractivity contribution in [1.82, 2.24) is 0 Å². The van der Waals surface area contributed by atoms with Crippen molar-refractivity contribution in [2.45, 2.75) is 25.9 Å². The molecule has 4 N–H and O–H groups in total. The Morgan fingerprint density at radius 1 is 1.04 bits per heavy atom. The Labute approximate surface area is 151 Å². The lowest BCUT2D eigenvalue weighted by Gasteiger charge is -2.36. The molecule has 140 valence electrons. The van der Waals surface area contributed by atoms with E-state index < -0.39 is 0 Å². The third-order valence-corrected chi connectivity index (χ3v) is 5.76. The van der Waals surface area contributed by atoms with Gasteiger partial charge in [0.1, 0.15) is 39.3 Å². The molecule has 2 aliphatic rings. The summed E-state index contributed by atoms with van der Waals surface area (Å²) in [5.74, 6) is 2.36. The first kappa shape index (κ1) is 18.3. The van der Waals surface area contributed by atoms with Gasteiger partial charge in [-0.1, -0.05) is 6.92 Å². The summed E-state index contributed by atoms with van der Waals surface area (Å²) in [6.07, 6.45) is 1.27. The van der Waals surface area contributed by atoms with Crippen LogP contribution < -0.4 is 29.3 Å². The number of quaternary nitrogens is 3. The number of nitrogens with one attached hydrogen (secondary N) is 2. The van der Waals surface area contributed by atoms with Gasteiger partial charge in [0.2, 0.25) is 5.75 Å². The number of fused-ring (bicyclic) bond motifs is 1. The first-order valence-corrected chi connectivity index (χ1v) is 9.54. The number of methoxy groups -OCH3 is 3. The van der Waals surface area contributed by atoms with Gasteiger partial charge in [-0.2, -0.15) is 0 Å². The predicted octanol–water partition coefficient (Wildman–Crippen LogP) is -1.98. The third-order valence-electron chi connectivity index (χ3n) is 5.76. The van der Waals surface area contributed by atoms with E-state index in [-0.39, 0.29) is 0 Å². The summed E-state index contributed by atoms with van der Waals surface area (Å²) >= 11 is 0. The molecule has 0 saturated carbocycles. The first-order valence-electron chi connectivity index (χ1n) is 9.54. The van der Waals surface area contributed by atoms with E-state index in [1.54, 1.807) is 31.1 Å². The summed E-state index contributed by atoms with van der Waals surface area (Å²) in [6.45, 7) is 10.7. The molecule has 1 aromatic rings. The standard InChI is InChI=1S/C19H31N3O3/c1-5-6-21-7-9-22(10-8-21)15-13-20-12-14-11-16(23-2)18(24-3)19(25-4)17(14)15/h11,15,20H,5-10,12-13H2,1-4H3/p+3/t15-/m0/s1. The Morgan fingerprint density at radius 2 is 1.76 bits per heavy atom. The summed E-state index contributed by atoms with van der Waals surface area (Å²) in [4.78, 5) is 3.44. The molecular formula is C19H34N3O3+3. The van der Waals surface area contributed by atoms with Gasteiger partial charge >= 0.3 is 0 Å². The zero-order valence-electron chi connectivity index (χ0n) is 16.1. The van der Waals surface area contributed by atoms with Crippen LogP contribution in [0.15, 0.2) is 6.07 Å². The minimum atomic E-state index is 0.460. The summed E-state index contributed by atoms with van der Waals surface area (Å²) in [6, 6.07) is 2.60. The van der Waals surface area contributed by atoms with Crippen LogP contribution in [0.1, 0.15) is 30.5 Å². The summed E-state index contributed by atoms with van der Waals surface area (Å²) in [7, 11) is 5.12. The number of benzene rings is 1. The highest BCUT2D eigenvalue weighted by molar-refractivity contribution is 5.60.